The second-order valence-corrected chi connectivity index (χ2v) is 31.8. The summed E-state index contributed by atoms with van der Waals surface area (Å²) in [5.41, 5.74) is 0. The molecule has 0 saturated carbocycles. The van der Waals surface area contributed by atoms with Crippen LogP contribution < -0.4 is 16.0 Å². The summed E-state index contributed by atoms with van der Waals surface area (Å²) < 4.78 is 151. The van der Waals surface area contributed by atoms with E-state index in [2.05, 4.69) is 20.1 Å². The Balaban J connectivity index is 1.00. The van der Waals surface area contributed by atoms with Crippen LogP contribution in [0.5, 0.6) is 0 Å². The van der Waals surface area contributed by atoms with Crippen LogP contribution in [0.1, 0.15) is 34.6 Å². The van der Waals surface area contributed by atoms with Gasteiger partial charge in [0, 0.05) is 20.8 Å². The molecule has 0 spiro atoms. The van der Waals surface area contributed by atoms with Gasteiger partial charge in [0.1, 0.15) is 232 Å². The molecule has 56 heteroatoms. The number of aliphatic hydroxyl groups excluding tert-OH is 26. The van der Waals surface area contributed by atoms with Gasteiger partial charge < -0.3 is 239 Å². The Labute approximate surface area is 690 Å². The Morgan fingerprint density at radius 2 is 0.582 bits per heavy atom. The zero-order chi connectivity index (χ0) is 90.0. The van der Waals surface area contributed by atoms with Gasteiger partial charge >= 0.3 is 10.4 Å². The van der Waals surface area contributed by atoms with E-state index in [9.17, 15) is 160 Å². The SMILES string of the molecule is CC(=O)N[C@@H]1[C@@H](O)[C@H](O[C@@H]2O[C@H](CO)[C@@H](O[C@@H]3O[C@H](CO[C@H]4O[C@H](CO)[C@@H](O)[C@H](O[C@H]5O[C@H](CO)[C@@H](O)[C@H](O)[C@@H]5O)[C@@H]4O)[C@@H](O)[C@H](O[C@H]4O[C@H](CO)[C@@H](O)[C@H](O)[C@@H]4O[C@@H]4O[C@H](CO)[C@@H](O[C@@H]5O[C@@H](C)[C@@H](O)[C@@H](O)[C@@H]5O)[C@H](O[C@@H]5O[C@H](CO)[C@H](OS(=O)(=O)O)[C@H](O)[C@H]5O)[C@H]4NC(C)=O)[C@@H]3O)[C@H](O)[C@H]2NC(C)=O)[C@@H](CO[C@@H]2O[C@@H](C)[C@@H](O)[C@@H](O)[C@@H]2O)O[C@H]1O. The van der Waals surface area contributed by atoms with Crippen molar-refractivity contribution in [3.63, 3.8) is 0 Å². The van der Waals surface area contributed by atoms with Crippen LogP contribution in [0, 0.1) is 0 Å². The Morgan fingerprint density at radius 3 is 1.12 bits per heavy atom. The standard InChI is InChI=1S/C66H111N3O52S/c1-14-30(79)38(87)43(92)60(104-14)103-13-26-50(36(85)27(57(98)106-26)67-16(3)76)114-58-28(68-17(4)77)37(86)49(22(9-73)110-58)115-65-48(97)55(35(84)25(113-65)12-102-61-47(96)54(34(83)21(8-72)107-61)118-63-45(94)40(89)32(81)19(6-70)108-63)119-66-56(41(90)33(82)20(7-71)109-66)120-59-29(69-18(5)78)53(117-64-46(95)42(91)51(23(10-74)112-64)121-122(99,100)101)52(24(11-75)111-59)116-62-44(93)39(88)31(80)15(2)105-62/h14-15,19-66,70-75,79-98H,6-13H2,1-5H3,(H,67,76)(H,68,77)(H,69,78)(H,99,100,101)/t14-,15-,19+,20+,21+,22+,23+,24+,25+,26+,27+,28+,29+,30+,31+,32+,33+,34+,35+,36+,37+,38+,39+,40-,41-,42+,43-,44-,45-,46+,47-,48-,49+,50+,51-,52+,53+,54-,55-,56-,57+,58-,59-,60+,61-,62-,63+,64-,65-,66+/m0/s1. The van der Waals surface area contributed by atoms with Crippen molar-refractivity contribution in [3.05, 3.63) is 0 Å². The number of nitrogens with one attached hydrogen (secondary N) is 3. The van der Waals surface area contributed by atoms with E-state index in [1.54, 1.807) is 0 Å². The molecule has 0 bridgehead atoms. The molecule has 10 aliphatic rings. The molecule has 10 rings (SSSR count). The van der Waals surface area contributed by atoms with Crippen molar-refractivity contribution in [1.29, 1.82) is 0 Å². The largest absolute Gasteiger partial charge is 0.397 e. The summed E-state index contributed by atoms with van der Waals surface area (Å²) in [6.07, 6.45) is -100. The Bertz CT molecular complexity index is 3420. The highest BCUT2D eigenvalue weighted by molar-refractivity contribution is 7.80. The summed E-state index contributed by atoms with van der Waals surface area (Å²) in [7, 11) is -5.53. The molecule has 0 aliphatic carbocycles. The molecule has 0 unspecified atom stereocenters. The van der Waals surface area contributed by atoms with E-state index in [-0.39, 0.29) is 0 Å². The molecule has 122 heavy (non-hydrogen) atoms. The van der Waals surface area contributed by atoms with Crippen molar-refractivity contribution in [2.45, 2.75) is 341 Å². The first kappa shape index (κ1) is 101. The molecule has 30 N–H and O–H groups in total. The van der Waals surface area contributed by atoms with E-state index in [1.807, 2.05) is 0 Å². The molecule has 50 atom stereocenters. The number of ether oxygens (including phenoxy) is 19. The first-order chi connectivity index (χ1) is 57.4. The zero-order valence-corrected chi connectivity index (χ0v) is 66.0. The normalized spacial score (nSPS) is 49.9. The molecular weight excluding hydrogens is 1700 g/mol. The molecule has 0 aromatic rings. The van der Waals surface area contributed by atoms with Crippen molar-refractivity contribution in [3.8, 4) is 0 Å². The van der Waals surface area contributed by atoms with E-state index in [0.717, 1.165) is 20.8 Å². The topological polar surface area (TPSA) is 852 Å². The van der Waals surface area contributed by atoms with Gasteiger partial charge in [-0.1, -0.05) is 0 Å². The number of carbonyl (C=O) groups excluding carboxylic acids is 3. The van der Waals surface area contributed by atoms with Gasteiger partial charge in [-0.15, -0.1) is 0 Å². The molecule has 55 nitrogen and oxygen atoms in total. The maximum absolute atomic E-state index is 13.6. The van der Waals surface area contributed by atoms with E-state index >= 15 is 0 Å². The number of amides is 3. The minimum Gasteiger partial charge on any atom is -0.394 e. The van der Waals surface area contributed by atoms with Crippen LogP contribution in [0.4, 0.5) is 0 Å². The fourth-order valence-electron chi connectivity index (χ4n) is 15.6. The fraction of sp³-hybridized carbons (Fsp3) is 0.955. The lowest BCUT2D eigenvalue weighted by molar-refractivity contribution is -0.403. The minimum atomic E-state index is -5.53. The van der Waals surface area contributed by atoms with Gasteiger partial charge in [-0.3, -0.25) is 18.9 Å². The maximum Gasteiger partial charge on any atom is 0.397 e. The van der Waals surface area contributed by atoms with Crippen LogP contribution in [-0.4, -0.2) is 523 Å². The summed E-state index contributed by atoms with van der Waals surface area (Å²) in [4.78, 5) is 39.3. The lowest BCUT2D eigenvalue weighted by atomic mass is 9.93. The summed E-state index contributed by atoms with van der Waals surface area (Å²) in [6, 6.07) is -5.99. The molecule has 708 valence electrons. The third-order valence-corrected chi connectivity index (χ3v) is 22.6. The fourth-order valence-corrected chi connectivity index (χ4v) is 16.1. The third-order valence-electron chi connectivity index (χ3n) is 22.2. The van der Waals surface area contributed by atoms with Crippen molar-refractivity contribution in [1.82, 2.24) is 16.0 Å². The van der Waals surface area contributed by atoms with E-state index in [1.165, 1.54) is 13.8 Å². The zero-order valence-electron chi connectivity index (χ0n) is 65.2. The highest BCUT2D eigenvalue weighted by Crippen LogP contribution is 2.41. The quantitative estimate of drug-likeness (QED) is 0.0287. The number of aliphatic hydroxyl groups is 26. The van der Waals surface area contributed by atoms with Crippen LogP contribution in [0.15, 0.2) is 0 Å². The number of rotatable bonds is 31. The monoisotopic (exact) mass is 1810 g/mol. The van der Waals surface area contributed by atoms with Crippen LogP contribution in [0.25, 0.3) is 0 Å². The summed E-state index contributed by atoms with van der Waals surface area (Å²) in [6.45, 7) is -4.09. The Hall–Kier alpha value is -3.52. The number of carbonyl (C=O) groups is 3. The van der Waals surface area contributed by atoms with Gasteiger partial charge in [-0.05, 0) is 13.8 Å². The first-order valence-electron chi connectivity index (χ1n) is 38.5. The van der Waals surface area contributed by atoms with Gasteiger partial charge in [0.05, 0.1) is 65.1 Å². The highest BCUT2D eigenvalue weighted by Gasteiger charge is 2.62. The Kier molecular flexibility index (Phi) is 35.5. The lowest BCUT2D eigenvalue weighted by Gasteiger charge is -2.52. The van der Waals surface area contributed by atoms with Crippen molar-refractivity contribution in [2.24, 2.45) is 0 Å². The number of hydrogen-bond donors (Lipinski definition) is 30. The van der Waals surface area contributed by atoms with Gasteiger partial charge in [-0.25, -0.2) is 4.18 Å². The average Bonchev–Trinajstić information content (AvgIpc) is 0.758. The maximum atomic E-state index is 13.6. The van der Waals surface area contributed by atoms with Crippen LogP contribution >= 0.6 is 0 Å². The molecule has 3 amide bonds. The third kappa shape index (κ3) is 22.4. The smallest absolute Gasteiger partial charge is 0.394 e. The molecule has 0 radical (unpaired) electrons. The summed E-state index contributed by atoms with van der Waals surface area (Å²) in [5.74, 6) is -2.96. The first-order valence-corrected chi connectivity index (χ1v) is 39.9. The predicted octanol–water partition coefficient (Wildman–Crippen LogP) is -20.5. The predicted molar refractivity (Wildman–Crippen MR) is 372 cm³/mol. The van der Waals surface area contributed by atoms with Crippen LogP contribution in [0.2, 0.25) is 0 Å². The summed E-state index contributed by atoms with van der Waals surface area (Å²) >= 11 is 0. The molecule has 10 fully saturated rings. The van der Waals surface area contributed by atoms with Crippen molar-refractivity contribution in [2.75, 3.05) is 52.9 Å². The molecule has 10 aliphatic heterocycles. The van der Waals surface area contributed by atoms with Crippen LogP contribution in [-0.2, 0) is 119 Å². The average molecular weight is 1810 g/mol. The van der Waals surface area contributed by atoms with Crippen molar-refractivity contribution < 1.29 is 254 Å². The van der Waals surface area contributed by atoms with E-state index < -0.39 is 388 Å². The van der Waals surface area contributed by atoms with Gasteiger partial charge in [0.15, 0.2) is 62.9 Å². The molecule has 0 aromatic heterocycles. The molecule has 0 aromatic carbocycles. The van der Waals surface area contributed by atoms with Gasteiger partial charge in [-0.2, -0.15) is 8.42 Å². The summed E-state index contributed by atoms with van der Waals surface area (Å²) in [5, 5.41) is 298. The highest BCUT2D eigenvalue weighted by atomic mass is 32.3. The molecular formula is C66H111N3O52S. The Morgan fingerprint density at radius 1 is 0.270 bits per heavy atom. The van der Waals surface area contributed by atoms with E-state index in [4.69, 9.17) is 90.0 Å². The molecule has 10 heterocycles. The van der Waals surface area contributed by atoms with Crippen LogP contribution in [0.3, 0.4) is 0 Å². The number of hydrogen-bond acceptors (Lipinski definition) is 51. The van der Waals surface area contributed by atoms with Gasteiger partial charge in [0.25, 0.3) is 0 Å². The van der Waals surface area contributed by atoms with Crippen molar-refractivity contribution >= 4 is 28.1 Å². The minimum absolute atomic E-state index is 0.851. The van der Waals surface area contributed by atoms with Gasteiger partial charge in [0.2, 0.25) is 17.7 Å². The van der Waals surface area contributed by atoms with E-state index in [0.29, 0.717) is 0 Å². The lowest BCUT2D eigenvalue weighted by Crippen LogP contribution is -2.71. The second kappa shape index (κ2) is 43.0. The molecule has 10 saturated heterocycles. The second-order valence-electron chi connectivity index (χ2n) is 30.7.